The smallest absolute Gasteiger partial charge is 0.274 e. The second kappa shape index (κ2) is 6.80. The van der Waals surface area contributed by atoms with Gasteiger partial charge in [0.15, 0.2) is 12.4 Å². The fourth-order valence-electron chi connectivity index (χ4n) is 2.97. The Morgan fingerprint density at radius 2 is 2.08 bits per heavy atom. The molecule has 0 spiro atoms. The molecule has 8 heteroatoms. The predicted octanol–water partition coefficient (Wildman–Crippen LogP) is 2.93. The molecule has 2 heterocycles. The number of carbonyl (C=O) groups is 2. The lowest BCUT2D eigenvalue weighted by atomic mass is 9.94. The molecular weight excluding hydrogens is 352 g/mol. The number of benzene rings is 1. The number of nitrogens with zero attached hydrogens (tertiary/aromatic N) is 3. The zero-order valence-corrected chi connectivity index (χ0v) is 14.9. The van der Waals surface area contributed by atoms with Crippen molar-refractivity contribution in [3.63, 3.8) is 0 Å². The van der Waals surface area contributed by atoms with Crippen molar-refractivity contribution in [1.29, 1.82) is 0 Å². The number of nitrogens with one attached hydrogen (secondary N) is 1. The molecule has 0 saturated carbocycles. The summed E-state index contributed by atoms with van der Waals surface area (Å²) in [7, 11) is 0. The molecule has 1 aromatic carbocycles. The molecule has 1 aliphatic rings. The molecule has 26 heavy (non-hydrogen) atoms. The molecule has 0 radical (unpaired) electrons. The Bertz CT molecular complexity index is 982. The molecule has 132 valence electrons. The molecule has 0 unspecified atom stereocenters. The normalized spacial score (nSPS) is 13.5. The maximum absolute atomic E-state index is 12.1. The van der Waals surface area contributed by atoms with Gasteiger partial charge in [-0.05, 0) is 31.9 Å². The van der Waals surface area contributed by atoms with E-state index in [1.54, 1.807) is 6.92 Å². The summed E-state index contributed by atoms with van der Waals surface area (Å²) in [5.41, 5.74) is 2.74. The Kier molecular flexibility index (Phi) is 4.34. The van der Waals surface area contributed by atoms with Crippen LogP contribution in [0.3, 0.4) is 0 Å². The lowest BCUT2D eigenvalue weighted by Gasteiger charge is -2.16. The zero-order chi connectivity index (χ0) is 18.1. The van der Waals surface area contributed by atoms with Crippen molar-refractivity contribution in [3.05, 3.63) is 41.2 Å². The van der Waals surface area contributed by atoms with Crippen LogP contribution < -0.4 is 10.1 Å². The highest BCUT2D eigenvalue weighted by Crippen LogP contribution is 2.27. The number of thiazole rings is 1. The quantitative estimate of drug-likeness (QED) is 0.761. The Labute approximate surface area is 153 Å². The molecule has 1 N–H and O–H groups in total. The van der Waals surface area contributed by atoms with Gasteiger partial charge in [0.1, 0.15) is 0 Å². The number of amides is 1. The van der Waals surface area contributed by atoms with Gasteiger partial charge in [0.05, 0.1) is 27.2 Å². The summed E-state index contributed by atoms with van der Waals surface area (Å²) in [5, 5.41) is 3.07. The monoisotopic (exact) mass is 368 g/mol. The second-order valence-corrected chi connectivity index (χ2v) is 7.01. The highest BCUT2D eigenvalue weighted by Gasteiger charge is 2.23. The summed E-state index contributed by atoms with van der Waals surface area (Å²) in [5.74, 6) is -0.0969. The average Bonchev–Trinajstić information content (AvgIpc) is 3.03. The molecule has 7 nitrogen and oxygen atoms in total. The van der Waals surface area contributed by atoms with Gasteiger partial charge in [-0.15, -0.1) is 0 Å². The van der Waals surface area contributed by atoms with Gasteiger partial charge in [-0.2, -0.15) is 0 Å². The molecule has 4 rings (SSSR count). The molecule has 1 aliphatic carbocycles. The summed E-state index contributed by atoms with van der Waals surface area (Å²) in [6.45, 7) is 1.58. The number of Topliss-reactive ketones (excluding diaryl/α,β-unsaturated/α-hetero) is 1. The van der Waals surface area contributed by atoms with Crippen LogP contribution in [0.25, 0.3) is 10.2 Å². The lowest BCUT2D eigenvalue weighted by molar-refractivity contribution is -0.118. The van der Waals surface area contributed by atoms with Gasteiger partial charge in [0.25, 0.3) is 11.1 Å². The van der Waals surface area contributed by atoms with Crippen LogP contribution in [0.15, 0.2) is 24.3 Å². The van der Waals surface area contributed by atoms with Crippen LogP contribution >= 0.6 is 11.3 Å². The molecule has 0 saturated heterocycles. The van der Waals surface area contributed by atoms with Crippen LogP contribution in [-0.4, -0.2) is 33.2 Å². The number of carbonyl (C=O) groups excluding carboxylic acids is 2. The first-order valence-corrected chi connectivity index (χ1v) is 9.11. The molecule has 0 aliphatic heterocycles. The van der Waals surface area contributed by atoms with E-state index in [-0.39, 0.29) is 24.2 Å². The number of rotatable bonds is 4. The van der Waals surface area contributed by atoms with Gasteiger partial charge in [-0.3, -0.25) is 14.9 Å². The Morgan fingerprint density at radius 1 is 1.23 bits per heavy atom. The topological polar surface area (TPSA) is 94.1 Å². The molecule has 2 aromatic heterocycles. The summed E-state index contributed by atoms with van der Waals surface area (Å²) < 4.78 is 6.47. The fraction of sp³-hybridized carbons (Fsp3) is 0.278. The fourth-order valence-corrected chi connectivity index (χ4v) is 3.79. The highest BCUT2D eigenvalue weighted by molar-refractivity contribution is 7.20. The molecule has 1 amide bonds. The van der Waals surface area contributed by atoms with Gasteiger partial charge in [0, 0.05) is 6.42 Å². The summed E-state index contributed by atoms with van der Waals surface area (Å²) in [6, 6.07) is 7.67. The number of hydrogen-bond donors (Lipinski definition) is 1. The van der Waals surface area contributed by atoms with Gasteiger partial charge in [-0.25, -0.2) is 15.0 Å². The first-order valence-electron chi connectivity index (χ1n) is 8.29. The molecular formula is C18H16N4O3S. The van der Waals surface area contributed by atoms with Crippen molar-refractivity contribution in [3.8, 4) is 5.19 Å². The number of ketones is 1. The van der Waals surface area contributed by atoms with Crippen LogP contribution in [0.1, 0.15) is 34.6 Å². The number of anilines is 1. The van der Waals surface area contributed by atoms with E-state index in [1.165, 1.54) is 11.3 Å². The van der Waals surface area contributed by atoms with E-state index in [1.807, 2.05) is 24.3 Å². The van der Waals surface area contributed by atoms with Crippen LogP contribution in [0.5, 0.6) is 5.19 Å². The van der Waals surface area contributed by atoms with Crippen molar-refractivity contribution in [2.45, 2.75) is 26.2 Å². The van der Waals surface area contributed by atoms with Crippen molar-refractivity contribution in [1.82, 2.24) is 15.0 Å². The largest absolute Gasteiger partial charge is 0.460 e. The van der Waals surface area contributed by atoms with Crippen LogP contribution in [0, 0.1) is 6.92 Å². The van der Waals surface area contributed by atoms with E-state index in [2.05, 4.69) is 20.3 Å². The number of aryl methyl sites for hydroxylation is 2. The molecule has 0 fully saturated rings. The Morgan fingerprint density at radius 3 is 2.92 bits per heavy atom. The predicted molar refractivity (Wildman–Crippen MR) is 97.8 cm³/mol. The third kappa shape index (κ3) is 3.28. The van der Waals surface area contributed by atoms with Crippen molar-refractivity contribution >= 4 is 39.2 Å². The number of ether oxygens (including phenoxy) is 1. The first kappa shape index (κ1) is 16.6. The zero-order valence-electron chi connectivity index (χ0n) is 14.1. The van der Waals surface area contributed by atoms with E-state index in [0.29, 0.717) is 28.6 Å². The minimum atomic E-state index is -0.370. The number of para-hydroxylation sites is 1. The minimum Gasteiger partial charge on any atom is -0.460 e. The number of fused-ring (bicyclic) bond motifs is 2. The van der Waals surface area contributed by atoms with E-state index >= 15 is 0 Å². The van der Waals surface area contributed by atoms with Crippen LogP contribution in [0.2, 0.25) is 0 Å². The standard InChI is InChI=1S/C18H16N4O3S/c1-10-16-12(6-4-7-13(16)23)20-17(19-10)22-15(24)9-25-18-21-11-5-2-3-8-14(11)26-18/h2-3,5,8H,4,6-7,9H2,1H3,(H,19,20,22,24). The van der Waals surface area contributed by atoms with E-state index in [9.17, 15) is 9.59 Å². The minimum absolute atomic E-state index is 0.0702. The van der Waals surface area contributed by atoms with Gasteiger partial charge in [-0.1, -0.05) is 23.5 Å². The molecule has 0 atom stereocenters. The SMILES string of the molecule is Cc1nc(NC(=O)COc2nc3ccccc3s2)nc2c1C(=O)CCC2. The van der Waals surface area contributed by atoms with Gasteiger partial charge < -0.3 is 4.74 Å². The molecule has 3 aromatic rings. The van der Waals surface area contributed by atoms with Crippen LogP contribution in [-0.2, 0) is 11.2 Å². The number of hydrogen-bond acceptors (Lipinski definition) is 7. The Hall–Kier alpha value is -2.87. The third-order valence-corrected chi connectivity index (χ3v) is 5.06. The third-order valence-electron chi connectivity index (χ3n) is 4.11. The Balaban J connectivity index is 1.43. The van der Waals surface area contributed by atoms with Crippen molar-refractivity contribution < 1.29 is 14.3 Å². The van der Waals surface area contributed by atoms with E-state index in [4.69, 9.17) is 4.74 Å². The number of aromatic nitrogens is 3. The molecule has 0 bridgehead atoms. The maximum atomic E-state index is 12.1. The van der Waals surface area contributed by atoms with Crippen LogP contribution in [0.4, 0.5) is 5.95 Å². The van der Waals surface area contributed by atoms with E-state index in [0.717, 1.165) is 23.1 Å². The van der Waals surface area contributed by atoms with Gasteiger partial charge in [0.2, 0.25) is 5.95 Å². The summed E-state index contributed by atoms with van der Waals surface area (Å²) in [4.78, 5) is 37.0. The highest BCUT2D eigenvalue weighted by atomic mass is 32.1. The van der Waals surface area contributed by atoms with Crippen molar-refractivity contribution in [2.75, 3.05) is 11.9 Å². The second-order valence-electron chi connectivity index (χ2n) is 6.02. The lowest BCUT2D eigenvalue weighted by Crippen LogP contribution is -2.23. The maximum Gasteiger partial charge on any atom is 0.274 e. The average molecular weight is 368 g/mol. The van der Waals surface area contributed by atoms with E-state index < -0.39 is 0 Å². The summed E-state index contributed by atoms with van der Waals surface area (Å²) in [6.07, 6.45) is 2.02. The summed E-state index contributed by atoms with van der Waals surface area (Å²) >= 11 is 1.38. The first-order chi connectivity index (χ1) is 12.6. The van der Waals surface area contributed by atoms with Gasteiger partial charge >= 0.3 is 0 Å². The van der Waals surface area contributed by atoms with Crippen molar-refractivity contribution in [2.24, 2.45) is 0 Å².